The van der Waals surface area contributed by atoms with Gasteiger partial charge in [-0.15, -0.1) is 0 Å². The van der Waals surface area contributed by atoms with Crippen LogP contribution in [0.25, 0.3) is 0 Å². The highest BCUT2D eigenvalue weighted by Crippen LogP contribution is 2.09. The third-order valence-corrected chi connectivity index (χ3v) is 4.03. The number of nitrogens with zero attached hydrogens (tertiary/aromatic N) is 2. The molecule has 0 radical (unpaired) electrons. The standard InChI is InChI=1S/C16H26FN3/c1-3-19(4-2)12-16-13-20(10-9-18-16)11-14-5-7-15(17)8-6-14/h5-8,16,18H,3-4,9-13H2,1-2H3. The highest BCUT2D eigenvalue weighted by atomic mass is 19.1. The fourth-order valence-electron chi connectivity index (χ4n) is 2.80. The van der Waals surface area contributed by atoms with Crippen LogP contribution >= 0.6 is 0 Å². The first-order valence-corrected chi connectivity index (χ1v) is 7.63. The molecule has 2 rings (SSSR count). The van der Waals surface area contributed by atoms with Gasteiger partial charge < -0.3 is 10.2 Å². The van der Waals surface area contributed by atoms with Gasteiger partial charge in [-0.25, -0.2) is 4.39 Å². The molecule has 1 unspecified atom stereocenters. The maximum absolute atomic E-state index is 12.9. The van der Waals surface area contributed by atoms with Crippen molar-refractivity contribution < 1.29 is 4.39 Å². The fourth-order valence-corrected chi connectivity index (χ4v) is 2.80. The van der Waals surface area contributed by atoms with Gasteiger partial charge in [0.15, 0.2) is 0 Å². The number of piperazine rings is 1. The first-order valence-electron chi connectivity index (χ1n) is 7.63. The van der Waals surface area contributed by atoms with Crippen LogP contribution in [0.2, 0.25) is 0 Å². The summed E-state index contributed by atoms with van der Waals surface area (Å²) in [6.07, 6.45) is 0. The van der Waals surface area contributed by atoms with E-state index in [9.17, 15) is 4.39 Å². The quantitative estimate of drug-likeness (QED) is 0.858. The number of likely N-dealkylation sites (N-methyl/N-ethyl adjacent to an activating group) is 1. The lowest BCUT2D eigenvalue weighted by Gasteiger charge is -2.36. The average Bonchev–Trinajstić information content (AvgIpc) is 2.47. The first-order chi connectivity index (χ1) is 9.71. The largest absolute Gasteiger partial charge is 0.310 e. The summed E-state index contributed by atoms with van der Waals surface area (Å²) < 4.78 is 12.9. The molecule has 0 bridgehead atoms. The zero-order valence-electron chi connectivity index (χ0n) is 12.6. The summed E-state index contributed by atoms with van der Waals surface area (Å²) in [6.45, 7) is 11.8. The highest BCUT2D eigenvalue weighted by Gasteiger charge is 2.20. The molecule has 1 saturated heterocycles. The van der Waals surface area contributed by atoms with Gasteiger partial charge in [0.05, 0.1) is 0 Å². The SMILES string of the molecule is CCN(CC)CC1CN(Cc2ccc(F)cc2)CCN1. The molecule has 1 aromatic carbocycles. The van der Waals surface area contributed by atoms with E-state index in [1.165, 1.54) is 5.56 Å². The van der Waals surface area contributed by atoms with E-state index in [4.69, 9.17) is 0 Å². The molecule has 1 aliphatic rings. The highest BCUT2D eigenvalue weighted by molar-refractivity contribution is 5.16. The molecule has 20 heavy (non-hydrogen) atoms. The Morgan fingerprint density at radius 2 is 1.95 bits per heavy atom. The maximum atomic E-state index is 12.9. The Morgan fingerprint density at radius 1 is 1.25 bits per heavy atom. The number of nitrogens with one attached hydrogen (secondary N) is 1. The summed E-state index contributed by atoms with van der Waals surface area (Å²) >= 11 is 0. The minimum Gasteiger partial charge on any atom is -0.310 e. The number of benzene rings is 1. The van der Waals surface area contributed by atoms with Gasteiger partial charge in [0.2, 0.25) is 0 Å². The number of hydrogen-bond donors (Lipinski definition) is 1. The molecule has 0 amide bonds. The van der Waals surface area contributed by atoms with Crippen LogP contribution in [-0.4, -0.2) is 55.1 Å². The zero-order chi connectivity index (χ0) is 14.4. The van der Waals surface area contributed by atoms with Gasteiger partial charge in [-0.2, -0.15) is 0 Å². The van der Waals surface area contributed by atoms with Gasteiger partial charge in [0.25, 0.3) is 0 Å². The van der Waals surface area contributed by atoms with Gasteiger partial charge in [-0.05, 0) is 30.8 Å². The second-order valence-corrected chi connectivity index (χ2v) is 5.50. The van der Waals surface area contributed by atoms with Crippen molar-refractivity contribution in [2.24, 2.45) is 0 Å². The predicted octanol–water partition coefficient (Wildman–Crippen LogP) is 1.94. The zero-order valence-corrected chi connectivity index (χ0v) is 12.6. The predicted molar refractivity (Wildman–Crippen MR) is 81.3 cm³/mol. The molecule has 0 aliphatic carbocycles. The van der Waals surface area contributed by atoms with Crippen molar-refractivity contribution in [3.63, 3.8) is 0 Å². The van der Waals surface area contributed by atoms with E-state index < -0.39 is 0 Å². The fraction of sp³-hybridized carbons (Fsp3) is 0.625. The molecule has 1 fully saturated rings. The number of halogens is 1. The van der Waals surface area contributed by atoms with Crippen LogP contribution in [0.5, 0.6) is 0 Å². The lowest BCUT2D eigenvalue weighted by Crippen LogP contribution is -2.54. The normalized spacial score (nSPS) is 20.5. The lowest BCUT2D eigenvalue weighted by atomic mass is 10.1. The van der Waals surface area contributed by atoms with Crippen molar-refractivity contribution in [2.45, 2.75) is 26.4 Å². The van der Waals surface area contributed by atoms with Gasteiger partial charge in [0, 0.05) is 38.8 Å². The summed E-state index contributed by atoms with van der Waals surface area (Å²) in [5.41, 5.74) is 1.19. The Kier molecular flexibility index (Phi) is 5.95. The van der Waals surface area contributed by atoms with Gasteiger partial charge in [0.1, 0.15) is 5.82 Å². The van der Waals surface area contributed by atoms with E-state index >= 15 is 0 Å². The summed E-state index contributed by atoms with van der Waals surface area (Å²) in [5.74, 6) is -0.159. The van der Waals surface area contributed by atoms with E-state index in [1.54, 1.807) is 12.1 Å². The van der Waals surface area contributed by atoms with Crippen LogP contribution in [-0.2, 0) is 6.54 Å². The van der Waals surface area contributed by atoms with Crippen molar-refractivity contribution in [2.75, 3.05) is 39.3 Å². The van der Waals surface area contributed by atoms with Crippen LogP contribution in [0.4, 0.5) is 4.39 Å². The summed E-state index contributed by atoms with van der Waals surface area (Å²) in [5, 5.41) is 3.60. The molecule has 1 heterocycles. The van der Waals surface area contributed by atoms with Crippen molar-refractivity contribution in [3.05, 3.63) is 35.6 Å². The van der Waals surface area contributed by atoms with E-state index in [0.717, 1.165) is 45.8 Å². The van der Waals surface area contributed by atoms with E-state index in [1.807, 2.05) is 12.1 Å². The van der Waals surface area contributed by atoms with Crippen molar-refractivity contribution in [1.29, 1.82) is 0 Å². The van der Waals surface area contributed by atoms with Gasteiger partial charge in [-0.3, -0.25) is 4.90 Å². The summed E-state index contributed by atoms with van der Waals surface area (Å²) in [7, 11) is 0. The third kappa shape index (κ3) is 4.54. The Labute approximate surface area is 121 Å². The molecular weight excluding hydrogens is 253 g/mol. The Bertz CT molecular complexity index is 389. The molecule has 1 aliphatic heterocycles. The second-order valence-electron chi connectivity index (χ2n) is 5.50. The Morgan fingerprint density at radius 3 is 2.60 bits per heavy atom. The average molecular weight is 279 g/mol. The van der Waals surface area contributed by atoms with Crippen LogP contribution in [0.1, 0.15) is 19.4 Å². The molecular formula is C16H26FN3. The van der Waals surface area contributed by atoms with E-state index in [-0.39, 0.29) is 5.82 Å². The van der Waals surface area contributed by atoms with Crippen LogP contribution in [0, 0.1) is 5.82 Å². The Hall–Kier alpha value is -0.970. The molecule has 4 heteroatoms. The topological polar surface area (TPSA) is 18.5 Å². The monoisotopic (exact) mass is 279 g/mol. The third-order valence-electron chi connectivity index (χ3n) is 4.03. The van der Waals surface area contributed by atoms with Crippen LogP contribution in [0.3, 0.4) is 0 Å². The maximum Gasteiger partial charge on any atom is 0.123 e. The molecule has 0 spiro atoms. The van der Waals surface area contributed by atoms with Crippen LogP contribution < -0.4 is 5.32 Å². The second kappa shape index (κ2) is 7.72. The minimum atomic E-state index is -0.159. The van der Waals surface area contributed by atoms with Gasteiger partial charge >= 0.3 is 0 Å². The minimum absolute atomic E-state index is 0.159. The first kappa shape index (κ1) is 15.4. The summed E-state index contributed by atoms with van der Waals surface area (Å²) in [4.78, 5) is 4.91. The molecule has 1 N–H and O–H groups in total. The van der Waals surface area contributed by atoms with Gasteiger partial charge in [-0.1, -0.05) is 26.0 Å². The number of hydrogen-bond acceptors (Lipinski definition) is 3. The van der Waals surface area contributed by atoms with Crippen molar-refractivity contribution in [1.82, 2.24) is 15.1 Å². The molecule has 0 aromatic heterocycles. The molecule has 1 atom stereocenters. The van der Waals surface area contributed by atoms with Crippen molar-refractivity contribution in [3.8, 4) is 0 Å². The molecule has 0 saturated carbocycles. The van der Waals surface area contributed by atoms with Crippen molar-refractivity contribution >= 4 is 0 Å². The summed E-state index contributed by atoms with van der Waals surface area (Å²) in [6, 6.07) is 7.40. The smallest absolute Gasteiger partial charge is 0.123 e. The number of rotatable bonds is 6. The molecule has 1 aromatic rings. The van der Waals surface area contributed by atoms with Crippen LogP contribution in [0.15, 0.2) is 24.3 Å². The molecule has 3 nitrogen and oxygen atoms in total. The Balaban J connectivity index is 1.85. The van der Waals surface area contributed by atoms with E-state index in [0.29, 0.717) is 6.04 Å². The van der Waals surface area contributed by atoms with E-state index in [2.05, 4.69) is 29.0 Å². The molecule has 112 valence electrons. The lowest BCUT2D eigenvalue weighted by molar-refractivity contribution is 0.158.